The lowest BCUT2D eigenvalue weighted by Crippen LogP contribution is -2.47. The minimum Gasteiger partial charge on any atom is -0.383 e. The van der Waals surface area contributed by atoms with Gasteiger partial charge in [-0.25, -0.2) is 0 Å². The topological polar surface area (TPSA) is 53.1 Å². The van der Waals surface area contributed by atoms with Crippen molar-refractivity contribution in [1.29, 1.82) is 0 Å². The van der Waals surface area contributed by atoms with Crippen molar-refractivity contribution >= 4 is 17.4 Å². The summed E-state index contributed by atoms with van der Waals surface area (Å²) in [5, 5.41) is 0. The maximum atomic E-state index is 13.0. The van der Waals surface area contributed by atoms with Crippen LogP contribution in [0, 0.1) is 0 Å². The Morgan fingerprint density at radius 1 is 1.00 bits per heavy atom. The van der Waals surface area contributed by atoms with Crippen molar-refractivity contribution in [2.24, 2.45) is 0 Å². The Balaban J connectivity index is 1.95. The predicted molar refractivity (Wildman–Crippen MR) is 95.6 cm³/mol. The molecule has 2 amide bonds. The van der Waals surface area contributed by atoms with Crippen LogP contribution in [0.25, 0.3) is 5.57 Å². The Labute approximate surface area is 148 Å². The van der Waals surface area contributed by atoms with Crippen LogP contribution >= 0.6 is 0 Å². The number of imide groups is 1. The van der Waals surface area contributed by atoms with Crippen LogP contribution in [0.2, 0.25) is 0 Å². The summed E-state index contributed by atoms with van der Waals surface area (Å²) in [6.07, 6.45) is 0. The molecule has 0 spiro atoms. The van der Waals surface area contributed by atoms with Gasteiger partial charge >= 0.3 is 0 Å². The number of rotatable bonds is 6. The first-order chi connectivity index (χ1) is 12.2. The van der Waals surface area contributed by atoms with E-state index in [-0.39, 0.29) is 18.4 Å². The van der Waals surface area contributed by atoms with Crippen molar-refractivity contribution in [3.8, 4) is 0 Å². The summed E-state index contributed by atoms with van der Waals surface area (Å²) >= 11 is 0. The van der Waals surface area contributed by atoms with E-state index in [1.54, 1.807) is 7.11 Å². The number of benzene rings is 1. The molecule has 2 aliphatic rings. The molecule has 6 heteroatoms. The second-order valence-electron chi connectivity index (χ2n) is 6.27. The van der Waals surface area contributed by atoms with Gasteiger partial charge in [0.1, 0.15) is 5.70 Å². The van der Waals surface area contributed by atoms with Crippen molar-refractivity contribution in [2.45, 2.75) is 6.92 Å². The van der Waals surface area contributed by atoms with Crippen molar-refractivity contribution in [3.05, 3.63) is 41.6 Å². The SMILES string of the molecule is CCN1CCN(C2=C(c3ccccc3)C(=O)N(CCOC)C2=O)CC1. The molecule has 0 bridgehead atoms. The molecule has 1 aromatic carbocycles. The lowest BCUT2D eigenvalue weighted by Gasteiger charge is -2.36. The number of amides is 2. The molecule has 6 nitrogen and oxygen atoms in total. The molecule has 1 saturated heterocycles. The van der Waals surface area contributed by atoms with E-state index in [0.717, 1.165) is 38.3 Å². The molecule has 0 radical (unpaired) electrons. The molecule has 2 heterocycles. The molecule has 0 atom stereocenters. The Hall–Kier alpha value is -2.18. The molecule has 0 unspecified atom stereocenters. The maximum Gasteiger partial charge on any atom is 0.277 e. The van der Waals surface area contributed by atoms with Gasteiger partial charge in [-0.1, -0.05) is 37.3 Å². The van der Waals surface area contributed by atoms with Crippen LogP contribution in [-0.4, -0.2) is 79.5 Å². The normalized spacial score (nSPS) is 19.3. The monoisotopic (exact) mass is 343 g/mol. The average molecular weight is 343 g/mol. The van der Waals surface area contributed by atoms with Crippen molar-refractivity contribution < 1.29 is 14.3 Å². The highest BCUT2D eigenvalue weighted by atomic mass is 16.5. The minimum atomic E-state index is -0.221. The average Bonchev–Trinajstić information content (AvgIpc) is 2.91. The maximum absolute atomic E-state index is 13.0. The molecule has 0 N–H and O–H groups in total. The highest BCUT2D eigenvalue weighted by molar-refractivity contribution is 6.35. The van der Waals surface area contributed by atoms with Gasteiger partial charge in [0.05, 0.1) is 18.7 Å². The van der Waals surface area contributed by atoms with Gasteiger partial charge in [0.2, 0.25) is 0 Å². The predicted octanol–water partition coefficient (Wildman–Crippen LogP) is 1.05. The van der Waals surface area contributed by atoms with E-state index in [4.69, 9.17) is 4.74 Å². The van der Waals surface area contributed by atoms with Gasteiger partial charge in [0.15, 0.2) is 0 Å². The van der Waals surface area contributed by atoms with E-state index in [1.807, 2.05) is 30.3 Å². The Kier molecular flexibility index (Phi) is 5.50. The van der Waals surface area contributed by atoms with E-state index < -0.39 is 0 Å². The van der Waals surface area contributed by atoms with E-state index in [9.17, 15) is 9.59 Å². The molecule has 0 saturated carbocycles. The number of hydrogen-bond acceptors (Lipinski definition) is 5. The van der Waals surface area contributed by atoms with Crippen LogP contribution in [-0.2, 0) is 14.3 Å². The van der Waals surface area contributed by atoms with Gasteiger partial charge in [0, 0.05) is 33.3 Å². The molecule has 1 aromatic rings. The van der Waals surface area contributed by atoms with Crippen molar-refractivity contribution in [2.75, 3.05) is 53.0 Å². The van der Waals surface area contributed by atoms with Gasteiger partial charge in [-0.05, 0) is 12.1 Å². The first-order valence-electron chi connectivity index (χ1n) is 8.79. The number of piperazine rings is 1. The molecule has 0 aromatic heterocycles. The molecule has 2 aliphatic heterocycles. The number of nitrogens with zero attached hydrogens (tertiary/aromatic N) is 3. The molecular weight excluding hydrogens is 318 g/mol. The molecule has 134 valence electrons. The minimum absolute atomic E-state index is 0.203. The van der Waals surface area contributed by atoms with Gasteiger partial charge < -0.3 is 14.5 Å². The van der Waals surface area contributed by atoms with Crippen molar-refractivity contribution in [1.82, 2.24) is 14.7 Å². The van der Waals surface area contributed by atoms with Crippen LogP contribution in [0.5, 0.6) is 0 Å². The smallest absolute Gasteiger partial charge is 0.277 e. The van der Waals surface area contributed by atoms with Crippen LogP contribution in [0.4, 0.5) is 0 Å². The molecular formula is C19H25N3O3. The Morgan fingerprint density at radius 2 is 1.68 bits per heavy atom. The van der Waals surface area contributed by atoms with Gasteiger partial charge in [-0.15, -0.1) is 0 Å². The summed E-state index contributed by atoms with van der Waals surface area (Å²) in [4.78, 5) is 31.7. The molecule has 3 rings (SSSR count). The quantitative estimate of drug-likeness (QED) is 0.723. The first-order valence-corrected chi connectivity index (χ1v) is 8.79. The van der Waals surface area contributed by atoms with Crippen LogP contribution in [0.3, 0.4) is 0 Å². The summed E-state index contributed by atoms with van der Waals surface area (Å²) in [6.45, 7) is 7.10. The Bertz CT molecular complexity index is 664. The third-order valence-electron chi connectivity index (χ3n) is 4.86. The van der Waals surface area contributed by atoms with Gasteiger partial charge in [-0.3, -0.25) is 14.5 Å². The highest BCUT2D eigenvalue weighted by Gasteiger charge is 2.41. The number of likely N-dealkylation sites (N-methyl/N-ethyl adjacent to an activating group) is 1. The van der Waals surface area contributed by atoms with E-state index >= 15 is 0 Å². The van der Waals surface area contributed by atoms with Gasteiger partial charge in [-0.2, -0.15) is 0 Å². The lowest BCUT2D eigenvalue weighted by molar-refractivity contribution is -0.138. The van der Waals surface area contributed by atoms with E-state index in [2.05, 4.69) is 16.7 Å². The summed E-state index contributed by atoms with van der Waals surface area (Å²) in [5.41, 5.74) is 1.86. The molecule has 0 aliphatic carbocycles. The third kappa shape index (κ3) is 3.45. The zero-order valence-corrected chi connectivity index (χ0v) is 14.9. The fourth-order valence-electron chi connectivity index (χ4n) is 3.40. The number of hydrogen-bond donors (Lipinski definition) is 0. The van der Waals surface area contributed by atoms with Crippen molar-refractivity contribution in [3.63, 3.8) is 0 Å². The second kappa shape index (κ2) is 7.80. The number of carbonyl (C=O) groups excluding carboxylic acids is 2. The zero-order chi connectivity index (χ0) is 17.8. The molecule has 1 fully saturated rings. The highest BCUT2D eigenvalue weighted by Crippen LogP contribution is 2.31. The second-order valence-corrected chi connectivity index (χ2v) is 6.27. The standard InChI is InChI=1S/C19H25N3O3/c1-3-20-9-11-21(12-10-20)17-16(15-7-5-4-6-8-15)18(23)22(19(17)24)13-14-25-2/h4-8H,3,9-14H2,1-2H3. The number of ether oxygens (including phenoxy) is 1. The van der Waals surface area contributed by atoms with Gasteiger partial charge in [0.25, 0.3) is 11.8 Å². The largest absolute Gasteiger partial charge is 0.383 e. The first kappa shape index (κ1) is 17.6. The number of methoxy groups -OCH3 is 1. The number of carbonyl (C=O) groups is 2. The fourth-order valence-corrected chi connectivity index (χ4v) is 3.40. The van der Waals surface area contributed by atoms with Crippen LogP contribution in [0.1, 0.15) is 12.5 Å². The summed E-state index contributed by atoms with van der Waals surface area (Å²) in [6, 6.07) is 9.48. The summed E-state index contributed by atoms with van der Waals surface area (Å²) in [7, 11) is 1.57. The van der Waals surface area contributed by atoms with Crippen LogP contribution < -0.4 is 0 Å². The summed E-state index contributed by atoms with van der Waals surface area (Å²) in [5.74, 6) is -0.424. The third-order valence-corrected chi connectivity index (χ3v) is 4.86. The van der Waals surface area contributed by atoms with E-state index in [0.29, 0.717) is 17.9 Å². The summed E-state index contributed by atoms with van der Waals surface area (Å²) < 4.78 is 5.07. The zero-order valence-electron chi connectivity index (χ0n) is 14.9. The fraction of sp³-hybridized carbons (Fsp3) is 0.474. The Morgan fingerprint density at radius 3 is 2.28 bits per heavy atom. The van der Waals surface area contributed by atoms with E-state index in [1.165, 1.54) is 4.90 Å². The van der Waals surface area contributed by atoms with Crippen LogP contribution in [0.15, 0.2) is 36.0 Å². The lowest BCUT2D eigenvalue weighted by atomic mass is 10.0. The molecule has 25 heavy (non-hydrogen) atoms.